The van der Waals surface area contributed by atoms with E-state index in [1.807, 2.05) is 4.52 Å². The van der Waals surface area contributed by atoms with E-state index in [0.717, 1.165) is 55.5 Å². The van der Waals surface area contributed by atoms with E-state index in [9.17, 15) is 9.59 Å². The maximum atomic E-state index is 11.5. The van der Waals surface area contributed by atoms with Gasteiger partial charge in [0.05, 0.1) is 6.20 Å². The van der Waals surface area contributed by atoms with Crippen LogP contribution in [-0.4, -0.2) is 58.9 Å². The van der Waals surface area contributed by atoms with Crippen LogP contribution in [0.25, 0.3) is 11.7 Å². The Morgan fingerprint density at radius 2 is 2.03 bits per heavy atom. The number of hydrogen-bond acceptors (Lipinski definition) is 7. The Morgan fingerprint density at radius 1 is 1.30 bits per heavy atom. The number of imide groups is 1. The Labute approximate surface area is 175 Å². The van der Waals surface area contributed by atoms with Gasteiger partial charge >= 0.3 is 6.03 Å². The number of rotatable bonds is 7. The molecule has 0 bridgehead atoms. The molecule has 0 radical (unpaired) electrons. The number of nitrogens with one attached hydrogen (secondary N) is 3. The van der Waals surface area contributed by atoms with Crippen LogP contribution in [0.5, 0.6) is 0 Å². The lowest BCUT2D eigenvalue weighted by Gasteiger charge is -2.18. The molecule has 162 valence electrons. The molecule has 0 unspecified atom stereocenters. The van der Waals surface area contributed by atoms with Gasteiger partial charge in [0.25, 0.3) is 0 Å². The van der Waals surface area contributed by atoms with E-state index in [-0.39, 0.29) is 0 Å². The summed E-state index contributed by atoms with van der Waals surface area (Å²) >= 11 is 0. The molecule has 30 heavy (non-hydrogen) atoms. The third-order valence-corrected chi connectivity index (χ3v) is 5.06. The molecule has 3 heterocycles. The molecule has 2 aromatic heterocycles. The standard InChI is InChI=1S/C19H25N7O2.CH4O/c1-13(23-19(28)21-12-27)8-15-11-22-26-16(20-10-14-4-5-14)9-17(24-18(15)26)25-6-2-3-7-25;1-2/h8-9,11-12,14,20H,2-7,10H2,1H3,(H2,21,23,27,28);2H,1H3/b13-8-;. The Morgan fingerprint density at radius 3 is 2.70 bits per heavy atom. The fourth-order valence-electron chi connectivity index (χ4n) is 3.41. The zero-order chi connectivity index (χ0) is 21.5. The maximum absolute atomic E-state index is 11.5. The minimum atomic E-state index is -0.572. The fraction of sp³-hybridized carbons (Fsp3) is 0.500. The first-order valence-corrected chi connectivity index (χ1v) is 10.2. The number of fused-ring (bicyclic) bond motifs is 1. The summed E-state index contributed by atoms with van der Waals surface area (Å²) in [6, 6.07) is 1.50. The first kappa shape index (κ1) is 21.6. The first-order valence-electron chi connectivity index (χ1n) is 10.2. The van der Waals surface area contributed by atoms with Crippen molar-refractivity contribution in [1.29, 1.82) is 0 Å². The average molecular weight is 415 g/mol. The first-order chi connectivity index (χ1) is 14.6. The molecule has 10 nitrogen and oxygen atoms in total. The van der Waals surface area contributed by atoms with Crippen molar-refractivity contribution in [2.45, 2.75) is 32.6 Å². The zero-order valence-electron chi connectivity index (χ0n) is 17.4. The van der Waals surface area contributed by atoms with Crippen LogP contribution < -0.4 is 20.9 Å². The number of carbonyl (C=O) groups excluding carboxylic acids is 2. The van der Waals surface area contributed by atoms with Crippen LogP contribution >= 0.6 is 0 Å². The predicted molar refractivity (Wildman–Crippen MR) is 115 cm³/mol. The largest absolute Gasteiger partial charge is 0.400 e. The summed E-state index contributed by atoms with van der Waals surface area (Å²) in [6.45, 7) is 4.72. The highest BCUT2D eigenvalue weighted by atomic mass is 16.2. The summed E-state index contributed by atoms with van der Waals surface area (Å²) in [5.41, 5.74) is 2.13. The number of allylic oxidation sites excluding steroid dienone is 1. The van der Waals surface area contributed by atoms with E-state index in [0.29, 0.717) is 12.1 Å². The summed E-state index contributed by atoms with van der Waals surface area (Å²) in [4.78, 5) is 29.1. The molecule has 2 aliphatic rings. The van der Waals surface area contributed by atoms with E-state index in [1.54, 1.807) is 19.2 Å². The summed E-state index contributed by atoms with van der Waals surface area (Å²) in [7, 11) is 1.00. The lowest BCUT2D eigenvalue weighted by atomic mass is 10.2. The van der Waals surface area contributed by atoms with Crippen LogP contribution in [0.2, 0.25) is 0 Å². The highest BCUT2D eigenvalue weighted by Gasteiger charge is 2.22. The molecule has 0 spiro atoms. The van der Waals surface area contributed by atoms with Crippen LogP contribution in [0.1, 0.15) is 38.2 Å². The molecule has 0 aromatic carbocycles. The molecule has 3 amide bonds. The molecule has 4 N–H and O–H groups in total. The van der Waals surface area contributed by atoms with Gasteiger partial charge in [-0.05, 0) is 44.6 Å². The highest BCUT2D eigenvalue weighted by Crippen LogP contribution is 2.30. The molecule has 1 aliphatic carbocycles. The summed E-state index contributed by atoms with van der Waals surface area (Å²) in [6.07, 6.45) is 8.80. The van der Waals surface area contributed by atoms with Gasteiger partial charge in [-0.3, -0.25) is 10.1 Å². The van der Waals surface area contributed by atoms with E-state index in [4.69, 9.17) is 10.1 Å². The van der Waals surface area contributed by atoms with E-state index < -0.39 is 6.03 Å². The Hall–Kier alpha value is -3.14. The highest BCUT2D eigenvalue weighted by molar-refractivity contribution is 5.86. The second-order valence-corrected chi connectivity index (χ2v) is 7.40. The van der Waals surface area contributed by atoms with Crippen molar-refractivity contribution in [3.63, 3.8) is 0 Å². The van der Waals surface area contributed by atoms with Gasteiger partial charge in [0.1, 0.15) is 11.6 Å². The Balaban J connectivity index is 0.00000124. The smallest absolute Gasteiger partial charge is 0.325 e. The van der Waals surface area contributed by atoms with Crippen LogP contribution in [0.15, 0.2) is 18.0 Å². The summed E-state index contributed by atoms with van der Waals surface area (Å²) in [5.74, 6) is 2.63. The minimum absolute atomic E-state index is 0.347. The number of aliphatic hydroxyl groups excluding tert-OH is 1. The van der Waals surface area contributed by atoms with Crippen LogP contribution in [0, 0.1) is 5.92 Å². The third-order valence-electron chi connectivity index (χ3n) is 5.06. The van der Waals surface area contributed by atoms with Crippen molar-refractivity contribution in [3.05, 3.63) is 23.5 Å². The Bertz CT molecular complexity index is 915. The monoisotopic (exact) mass is 415 g/mol. The number of anilines is 2. The van der Waals surface area contributed by atoms with E-state index >= 15 is 0 Å². The molecular formula is C20H29N7O3. The van der Waals surface area contributed by atoms with Gasteiger partial charge in [-0.2, -0.15) is 9.61 Å². The molecule has 1 saturated heterocycles. The molecule has 1 aliphatic heterocycles. The SMILES string of the molecule is C/C(=C/c1cnn2c(NCC3CC3)cc(N3CCCC3)nc12)NC(=O)NC=O.CO. The minimum Gasteiger partial charge on any atom is -0.400 e. The van der Waals surface area contributed by atoms with Crippen molar-refractivity contribution >= 4 is 35.8 Å². The van der Waals surface area contributed by atoms with Gasteiger partial charge in [0.15, 0.2) is 5.65 Å². The summed E-state index contributed by atoms with van der Waals surface area (Å²) in [5, 5.41) is 19.7. The Kier molecular flexibility index (Phi) is 7.23. The zero-order valence-corrected chi connectivity index (χ0v) is 17.4. The molecule has 4 rings (SSSR count). The van der Waals surface area contributed by atoms with Crippen molar-refractivity contribution in [1.82, 2.24) is 25.2 Å². The number of hydrogen-bond donors (Lipinski definition) is 4. The molecule has 1 saturated carbocycles. The van der Waals surface area contributed by atoms with Gasteiger partial charge in [0.2, 0.25) is 6.41 Å². The van der Waals surface area contributed by atoms with Gasteiger partial charge in [-0.15, -0.1) is 0 Å². The average Bonchev–Trinajstić information content (AvgIpc) is 3.23. The third kappa shape index (κ3) is 5.26. The van der Waals surface area contributed by atoms with Crippen molar-refractivity contribution in [2.24, 2.45) is 5.92 Å². The molecule has 2 fully saturated rings. The normalized spacial score (nSPS) is 16.1. The predicted octanol–water partition coefficient (Wildman–Crippen LogP) is 1.58. The number of aromatic nitrogens is 3. The lowest BCUT2D eigenvalue weighted by molar-refractivity contribution is -0.108. The molecule has 2 aromatic rings. The fourth-order valence-corrected chi connectivity index (χ4v) is 3.41. The lowest BCUT2D eigenvalue weighted by Crippen LogP contribution is -2.33. The van der Waals surface area contributed by atoms with Crippen LogP contribution in [-0.2, 0) is 4.79 Å². The quantitative estimate of drug-likeness (QED) is 0.506. The van der Waals surface area contributed by atoms with Gasteiger partial charge in [-0.25, -0.2) is 9.78 Å². The van der Waals surface area contributed by atoms with Gasteiger partial charge in [0, 0.05) is 44.1 Å². The van der Waals surface area contributed by atoms with Crippen molar-refractivity contribution < 1.29 is 14.7 Å². The second kappa shape index (κ2) is 10.1. The van der Waals surface area contributed by atoms with Crippen LogP contribution in [0.4, 0.5) is 16.4 Å². The molecule has 0 atom stereocenters. The molecule has 10 heteroatoms. The second-order valence-electron chi connectivity index (χ2n) is 7.40. The summed E-state index contributed by atoms with van der Waals surface area (Å²) < 4.78 is 1.81. The number of aliphatic hydroxyl groups is 1. The molecular weight excluding hydrogens is 386 g/mol. The van der Waals surface area contributed by atoms with E-state index in [2.05, 4.69) is 32.0 Å². The number of carbonyl (C=O) groups is 2. The van der Waals surface area contributed by atoms with Crippen molar-refractivity contribution in [3.8, 4) is 0 Å². The van der Waals surface area contributed by atoms with Crippen molar-refractivity contribution in [2.75, 3.05) is 37.0 Å². The maximum Gasteiger partial charge on any atom is 0.325 e. The van der Waals surface area contributed by atoms with Crippen LogP contribution in [0.3, 0.4) is 0 Å². The van der Waals surface area contributed by atoms with Gasteiger partial charge < -0.3 is 20.6 Å². The number of amides is 3. The number of urea groups is 1. The van der Waals surface area contributed by atoms with E-state index in [1.165, 1.54) is 25.7 Å². The topological polar surface area (TPSA) is 124 Å². The van der Waals surface area contributed by atoms with Gasteiger partial charge in [-0.1, -0.05) is 0 Å². The number of nitrogens with zero attached hydrogens (tertiary/aromatic N) is 4.